The molecule has 0 aromatic rings. The summed E-state index contributed by atoms with van der Waals surface area (Å²) in [6, 6.07) is 0. The van der Waals surface area contributed by atoms with Crippen LogP contribution in [-0.4, -0.2) is 14.2 Å². The van der Waals surface area contributed by atoms with Crippen LogP contribution in [0.5, 0.6) is 0 Å². The second kappa shape index (κ2) is 7.23. The second-order valence-corrected chi connectivity index (χ2v) is 5.61. The van der Waals surface area contributed by atoms with Gasteiger partial charge in [-0.1, -0.05) is 46.0 Å². The molecule has 0 fully saturated rings. The van der Waals surface area contributed by atoms with Gasteiger partial charge in [0.15, 0.2) is 0 Å². The van der Waals surface area contributed by atoms with Gasteiger partial charge in [-0.15, -0.1) is 0 Å². The Bertz CT molecular complexity index is 224. The van der Waals surface area contributed by atoms with E-state index in [4.69, 9.17) is 5.14 Å². The third kappa shape index (κ3) is 8.51. The minimum Gasteiger partial charge on any atom is -0.229 e. The lowest BCUT2D eigenvalue weighted by molar-refractivity contribution is 0.471. The monoisotopic (exact) mass is 221 g/mol. The largest absolute Gasteiger partial charge is 0.229 e. The van der Waals surface area contributed by atoms with Crippen LogP contribution in [0.25, 0.3) is 0 Å². The van der Waals surface area contributed by atoms with Gasteiger partial charge < -0.3 is 0 Å². The van der Waals surface area contributed by atoms with Crippen molar-refractivity contribution in [3.63, 3.8) is 0 Å². The molecule has 0 saturated heterocycles. The molecule has 1 unspecified atom stereocenters. The highest BCUT2D eigenvalue weighted by Crippen LogP contribution is 2.15. The zero-order chi connectivity index (χ0) is 11.0. The SMILES string of the molecule is CCCCCCC(CC)CS(N)(=O)=O. The Kier molecular flexibility index (Phi) is 7.19. The Balaban J connectivity index is 3.69. The van der Waals surface area contributed by atoms with Crippen molar-refractivity contribution in [1.82, 2.24) is 0 Å². The quantitative estimate of drug-likeness (QED) is 0.639. The van der Waals surface area contributed by atoms with E-state index in [1.807, 2.05) is 6.92 Å². The smallest absolute Gasteiger partial charge is 0.209 e. The predicted octanol–water partition coefficient (Wildman–Crippen LogP) is 2.27. The van der Waals surface area contributed by atoms with E-state index in [0.717, 1.165) is 19.3 Å². The summed E-state index contributed by atoms with van der Waals surface area (Å²) >= 11 is 0. The standard InChI is InChI=1S/C10H23NO2S/c1-3-5-6-7-8-10(4-2)9-14(11,12)13/h10H,3-9H2,1-2H3,(H2,11,12,13). The molecule has 14 heavy (non-hydrogen) atoms. The molecule has 0 aliphatic heterocycles. The molecule has 0 rings (SSSR count). The number of hydrogen-bond donors (Lipinski definition) is 1. The van der Waals surface area contributed by atoms with E-state index >= 15 is 0 Å². The van der Waals surface area contributed by atoms with Crippen molar-refractivity contribution in [2.75, 3.05) is 5.75 Å². The van der Waals surface area contributed by atoms with E-state index in [2.05, 4.69) is 6.92 Å². The molecule has 0 aliphatic rings. The molecule has 1 atom stereocenters. The van der Waals surface area contributed by atoms with Crippen LogP contribution < -0.4 is 5.14 Å². The fourth-order valence-electron chi connectivity index (χ4n) is 1.59. The summed E-state index contributed by atoms with van der Waals surface area (Å²) < 4.78 is 21.7. The maximum atomic E-state index is 10.9. The summed E-state index contributed by atoms with van der Waals surface area (Å²) in [6.45, 7) is 4.19. The van der Waals surface area contributed by atoms with Crippen molar-refractivity contribution in [2.45, 2.75) is 52.4 Å². The number of hydrogen-bond acceptors (Lipinski definition) is 2. The van der Waals surface area contributed by atoms with Crippen LogP contribution >= 0.6 is 0 Å². The topological polar surface area (TPSA) is 60.2 Å². The molecule has 0 bridgehead atoms. The van der Waals surface area contributed by atoms with Gasteiger partial charge >= 0.3 is 0 Å². The van der Waals surface area contributed by atoms with Gasteiger partial charge in [-0.2, -0.15) is 0 Å². The fourth-order valence-corrected chi connectivity index (χ4v) is 2.65. The van der Waals surface area contributed by atoms with E-state index < -0.39 is 10.0 Å². The number of primary sulfonamides is 1. The van der Waals surface area contributed by atoms with Gasteiger partial charge in [-0.25, -0.2) is 13.6 Å². The minimum absolute atomic E-state index is 0.148. The summed E-state index contributed by atoms with van der Waals surface area (Å²) in [4.78, 5) is 0. The molecule has 0 radical (unpaired) electrons. The van der Waals surface area contributed by atoms with Crippen LogP contribution in [-0.2, 0) is 10.0 Å². The van der Waals surface area contributed by atoms with E-state index in [9.17, 15) is 8.42 Å². The molecular formula is C10H23NO2S. The van der Waals surface area contributed by atoms with Gasteiger partial charge in [0.05, 0.1) is 5.75 Å². The number of unbranched alkanes of at least 4 members (excludes halogenated alkanes) is 3. The van der Waals surface area contributed by atoms with Crippen molar-refractivity contribution in [3.05, 3.63) is 0 Å². The lowest BCUT2D eigenvalue weighted by atomic mass is 10.0. The number of rotatable bonds is 8. The van der Waals surface area contributed by atoms with Gasteiger partial charge in [0.1, 0.15) is 0 Å². The van der Waals surface area contributed by atoms with Gasteiger partial charge in [0.25, 0.3) is 0 Å². The van der Waals surface area contributed by atoms with Crippen LogP contribution in [0.15, 0.2) is 0 Å². The van der Waals surface area contributed by atoms with Crippen molar-refractivity contribution in [2.24, 2.45) is 11.1 Å². The molecule has 0 saturated carbocycles. The first-order valence-electron chi connectivity index (χ1n) is 5.50. The van der Waals surface area contributed by atoms with Crippen molar-refractivity contribution in [3.8, 4) is 0 Å². The van der Waals surface area contributed by atoms with Gasteiger partial charge in [-0.05, 0) is 12.3 Å². The van der Waals surface area contributed by atoms with Gasteiger partial charge in [-0.3, -0.25) is 0 Å². The normalized spacial score (nSPS) is 14.2. The fraction of sp³-hybridized carbons (Fsp3) is 1.00. The Hall–Kier alpha value is -0.0900. The summed E-state index contributed by atoms with van der Waals surface area (Å²) in [6.07, 6.45) is 6.69. The Morgan fingerprint density at radius 2 is 1.79 bits per heavy atom. The molecule has 0 spiro atoms. The van der Waals surface area contributed by atoms with Crippen molar-refractivity contribution >= 4 is 10.0 Å². The van der Waals surface area contributed by atoms with Gasteiger partial charge in [0, 0.05) is 0 Å². The zero-order valence-electron chi connectivity index (χ0n) is 9.33. The third-order valence-corrected chi connectivity index (χ3v) is 3.45. The van der Waals surface area contributed by atoms with Crippen LogP contribution in [0.3, 0.4) is 0 Å². The molecule has 0 amide bonds. The zero-order valence-corrected chi connectivity index (χ0v) is 10.1. The molecular weight excluding hydrogens is 198 g/mol. The Labute approximate surface area is 88.1 Å². The minimum atomic E-state index is -3.28. The average molecular weight is 221 g/mol. The van der Waals surface area contributed by atoms with Gasteiger partial charge in [0.2, 0.25) is 10.0 Å². The maximum absolute atomic E-state index is 10.9. The molecule has 0 heterocycles. The predicted molar refractivity (Wildman–Crippen MR) is 60.5 cm³/mol. The summed E-state index contributed by atoms with van der Waals surface area (Å²) in [5, 5.41) is 5.01. The van der Waals surface area contributed by atoms with E-state index in [1.54, 1.807) is 0 Å². The first-order chi connectivity index (χ1) is 6.49. The lowest BCUT2D eigenvalue weighted by Crippen LogP contribution is -2.22. The third-order valence-electron chi connectivity index (χ3n) is 2.51. The van der Waals surface area contributed by atoms with E-state index in [0.29, 0.717) is 0 Å². The van der Waals surface area contributed by atoms with Crippen LogP contribution in [0, 0.1) is 5.92 Å². The van der Waals surface area contributed by atoms with Crippen LogP contribution in [0.4, 0.5) is 0 Å². The van der Waals surface area contributed by atoms with Crippen molar-refractivity contribution < 1.29 is 8.42 Å². The molecule has 2 N–H and O–H groups in total. The number of nitrogens with two attached hydrogens (primary N) is 1. The summed E-state index contributed by atoms with van der Waals surface area (Å²) in [5.41, 5.74) is 0. The summed E-state index contributed by atoms with van der Waals surface area (Å²) in [7, 11) is -3.28. The highest BCUT2D eigenvalue weighted by atomic mass is 32.2. The Morgan fingerprint density at radius 1 is 1.14 bits per heavy atom. The van der Waals surface area contributed by atoms with Crippen molar-refractivity contribution in [1.29, 1.82) is 0 Å². The first kappa shape index (κ1) is 13.9. The Morgan fingerprint density at radius 3 is 2.21 bits per heavy atom. The molecule has 4 heteroatoms. The molecule has 0 aromatic heterocycles. The lowest BCUT2D eigenvalue weighted by Gasteiger charge is -2.12. The van der Waals surface area contributed by atoms with E-state index in [-0.39, 0.29) is 11.7 Å². The second-order valence-electron chi connectivity index (χ2n) is 3.95. The van der Waals surface area contributed by atoms with Crippen LogP contribution in [0.2, 0.25) is 0 Å². The summed E-state index contributed by atoms with van der Waals surface area (Å²) in [5.74, 6) is 0.400. The molecule has 0 aliphatic carbocycles. The highest BCUT2D eigenvalue weighted by molar-refractivity contribution is 7.89. The maximum Gasteiger partial charge on any atom is 0.209 e. The molecule has 86 valence electrons. The first-order valence-corrected chi connectivity index (χ1v) is 7.21. The average Bonchev–Trinajstić information content (AvgIpc) is 2.08. The molecule has 3 nitrogen and oxygen atoms in total. The number of sulfonamides is 1. The van der Waals surface area contributed by atoms with Crippen LogP contribution in [0.1, 0.15) is 52.4 Å². The highest BCUT2D eigenvalue weighted by Gasteiger charge is 2.13. The van der Waals surface area contributed by atoms with E-state index in [1.165, 1.54) is 19.3 Å². The molecule has 0 aromatic carbocycles.